The number of nitrogens with zero attached hydrogens (tertiary/aromatic N) is 3. The maximum absolute atomic E-state index is 12.1. The molecule has 2 aromatic heterocycles. The normalized spacial score (nSPS) is 16.9. The second-order valence-electron chi connectivity index (χ2n) is 5.87. The first-order chi connectivity index (χ1) is 12.3. The first-order valence-electron chi connectivity index (χ1n) is 8.19. The summed E-state index contributed by atoms with van der Waals surface area (Å²) in [6.07, 6.45) is 4.44. The van der Waals surface area contributed by atoms with Crippen molar-refractivity contribution in [3.8, 4) is 0 Å². The third-order valence-corrected chi connectivity index (χ3v) is 4.10. The van der Waals surface area contributed by atoms with E-state index < -0.39 is 0 Å². The van der Waals surface area contributed by atoms with Crippen LogP contribution < -0.4 is 10.6 Å². The van der Waals surface area contributed by atoms with Crippen LogP contribution in [0.15, 0.2) is 36.9 Å². The maximum atomic E-state index is 12.1. The Morgan fingerprint density at radius 2 is 2.28 bits per heavy atom. The minimum absolute atomic E-state index is 0.0856. The van der Waals surface area contributed by atoms with Gasteiger partial charge in [-0.1, -0.05) is 12.1 Å². The molecule has 1 aromatic carbocycles. The van der Waals surface area contributed by atoms with Gasteiger partial charge in [0.1, 0.15) is 17.9 Å². The van der Waals surface area contributed by atoms with Crippen LogP contribution >= 0.6 is 0 Å². The Hall–Kier alpha value is -3.00. The number of H-pyrrole nitrogens is 1. The van der Waals surface area contributed by atoms with Crippen LogP contribution in [-0.2, 0) is 16.1 Å². The van der Waals surface area contributed by atoms with E-state index in [1.54, 1.807) is 6.33 Å². The molecule has 8 heteroatoms. The molecule has 0 saturated carbocycles. The van der Waals surface area contributed by atoms with Gasteiger partial charge in [0.05, 0.1) is 6.33 Å². The van der Waals surface area contributed by atoms with Crippen LogP contribution in [0, 0.1) is 0 Å². The summed E-state index contributed by atoms with van der Waals surface area (Å²) in [7, 11) is 0. The number of aromatic amines is 1. The van der Waals surface area contributed by atoms with Gasteiger partial charge in [0.2, 0.25) is 0 Å². The van der Waals surface area contributed by atoms with E-state index >= 15 is 0 Å². The molecule has 1 amide bonds. The summed E-state index contributed by atoms with van der Waals surface area (Å²) >= 11 is 0. The van der Waals surface area contributed by atoms with Gasteiger partial charge in [0.15, 0.2) is 11.5 Å². The molecular weight excluding hydrogens is 320 g/mol. The summed E-state index contributed by atoms with van der Waals surface area (Å²) in [5.41, 5.74) is 3.17. The number of ether oxygens (including phenoxy) is 1. The highest BCUT2D eigenvalue weighted by Crippen LogP contribution is 2.18. The zero-order chi connectivity index (χ0) is 17.1. The topological polar surface area (TPSA) is 105 Å². The summed E-state index contributed by atoms with van der Waals surface area (Å²) in [6, 6.07) is 7.70. The number of carbonyl (C=O) groups excluding carboxylic acids is 1. The van der Waals surface area contributed by atoms with Crippen molar-refractivity contribution in [2.24, 2.45) is 0 Å². The fourth-order valence-electron chi connectivity index (χ4n) is 2.85. The Bertz CT molecular complexity index is 887. The van der Waals surface area contributed by atoms with E-state index in [9.17, 15) is 4.79 Å². The zero-order valence-electron chi connectivity index (χ0n) is 13.5. The summed E-state index contributed by atoms with van der Waals surface area (Å²) in [5, 5.41) is 6.18. The van der Waals surface area contributed by atoms with Crippen LogP contribution in [0.1, 0.15) is 18.4 Å². The molecule has 1 saturated heterocycles. The summed E-state index contributed by atoms with van der Waals surface area (Å²) in [5.74, 6) is 0.605. The smallest absolute Gasteiger partial charge is 0.253 e. The molecule has 1 fully saturated rings. The third kappa shape index (κ3) is 3.43. The highest BCUT2D eigenvalue weighted by molar-refractivity contribution is 5.94. The fourth-order valence-corrected chi connectivity index (χ4v) is 2.85. The van der Waals surface area contributed by atoms with Crippen molar-refractivity contribution in [1.82, 2.24) is 19.9 Å². The van der Waals surface area contributed by atoms with Crippen LogP contribution in [0.5, 0.6) is 0 Å². The summed E-state index contributed by atoms with van der Waals surface area (Å²) in [6.45, 7) is 1.22. The molecule has 128 valence electrons. The van der Waals surface area contributed by atoms with Crippen LogP contribution in [0.25, 0.3) is 11.2 Å². The largest absolute Gasteiger partial charge is 0.368 e. The van der Waals surface area contributed by atoms with Gasteiger partial charge in [-0.2, -0.15) is 0 Å². The van der Waals surface area contributed by atoms with Gasteiger partial charge in [-0.05, 0) is 30.5 Å². The maximum Gasteiger partial charge on any atom is 0.253 e. The van der Waals surface area contributed by atoms with Crippen molar-refractivity contribution in [2.75, 3.05) is 17.2 Å². The number of imidazole rings is 1. The molecule has 3 aromatic rings. The van der Waals surface area contributed by atoms with Gasteiger partial charge >= 0.3 is 0 Å². The van der Waals surface area contributed by atoms with E-state index in [4.69, 9.17) is 4.74 Å². The van der Waals surface area contributed by atoms with Crippen LogP contribution in [-0.4, -0.2) is 38.6 Å². The molecule has 0 radical (unpaired) electrons. The van der Waals surface area contributed by atoms with Crippen LogP contribution in [0.4, 0.5) is 11.5 Å². The number of anilines is 2. The van der Waals surface area contributed by atoms with Gasteiger partial charge in [-0.15, -0.1) is 0 Å². The number of amides is 1. The van der Waals surface area contributed by atoms with Crippen molar-refractivity contribution in [1.29, 1.82) is 0 Å². The number of benzene rings is 1. The molecular formula is C17H18N6O2. The van der Waals surface area contributed by atoms with Crippen molar-refractivity contribution in [3.05, 3.63) is 42.5 Å². The number of hydrogen-bond donors (Lipinski definition) is 3. The quantitative estimate of drug-likeness (QED) is 0.658. The lowest BCUT2D eigenvalue weighted by Crippen LogP contribution is -2.26. The van der Waals surface area contributed by atoms with E-state index in [2.05, 4.69) is 30.6 Å². The first kappa shape index (κ1) is 15.5. The molecule has 3 heterocycles. The average Bonchev–Trinajstić information content (AvgIpc) is 3.31. The number of nitrogens with one attached hydrogen (secondary N) is 3. The standard InChI is InChI=1S/C17H18N6O2/c24-17(13-5-2-6-25-13)23-12-4-1-3-11(7-12)8-18-15-14-16(20-9-19-14)22-10-21-15/h1,3-4,7,9-10,13H,2,5-6,8H2,(H,23,24)(H2,18,19,20,21,22). The van der Waals surface area contributed by atoms with E-state index in [1.807, 2.05) is 24.3 Å². The Morgan fingerprint density at radius 3 is 3.16 bits per heavy atom. The molecule has 4 rings (SSSR count). The highest BCUT2D eigenvalue weighted by Gasteiger charge is 2.23. The molecule has 1 unspecified atom stereocenters. The second kappa shape index (κ2) is 6.86. The third-order valence-electron chi connectivity index (χ3n) is 4.10. The predicted molar refractivity (Wildman–Crippen MR) is 93.1 cm³/mol. The predicted octanol–water partition coefficient (Wildman–Crippen LogP) is 2.08. The van der Waals surface area contributed by atoms with Gasteiger partial charge in [-0.25, -0.2) is 15.0 Å². The SMILES string of the molecule is O=C(Nc1cccc(CNc2ncnc3nc[nH]c23)c1)C1CCCO1. The van der Waals surface area contributed by atoms with Gasteiger partial charge in [-0.3, -0.25) is 4.79 Å². The Labute approximate surface area is 144 Å². The van der Waals surface area contributed by atoms with Crippen LogP contribution in [0.3, 0.4) is 0 Å². The minimum atomic E-state index is -0.337. The lowest BCUT2D eigenvalue weighted by molar-refractivity contribution is -0.124. The monoisotopic (exact) mass is 338 g/mol. The molecule has 0 bridgehead atoms. The molecule has 1 aliphatic rings. The molecule has 8 nitrogen and oxygen atoms in total. The minimum Gasteiger partial charge on any atom is -0.368 e. The Balaban J connectivity index is 1.43. The lowest BCUT2D eigenvalue weighted by Gasteiger charge is -2.12. The number of carbonyl (C=O) groups is 1. The van der Waals surface area contributed by atoms with Gasteiger partial charge < -0.3 is 20.4 Å². The summed E-state index contributed by atoms with van der Waals surface area (Å²) < 4.78 is 5.41. The molecule has 1 atom stereocenters. The van der Waals surface area contributed by atoms with E-state index in [0.717, 1.165) is 29.6 Å². The van der Waals surface area contributed by atoms with Crippen molar-refractivity contribution >= 4 is 28.6 Å². The van der Waals surface area contributed by atoms with E-state index in [-0.39, 0.29) is 12.0 Å². The zero-order valence-corrected chi connectivity index (χ0v) is 13.5. The molecule has 1 aliphatic heterocycles. The second-order valence-corrected chi connectivity index (χ2v) is 5.87. The lowest BCUT2D eigenvalue weighted by atomic mass is 10.2. The molecule has 0 aliphatic carbocycles. The molecule has 0 spiro atoms. The Morgan fingerprint density at radius 1 is 1.32 bits per heavy atom. The average molecular weight is 338 g/mol. The van der Waals surface area contributed by atoms with Crippen molar-refractivity contribution in [2.45, 2.75) is 25.5 Å². The van der Waals surface area contributed by atoms with Gasteiger partial charge in [0.25, 0.3) is 5.91 Å². The van der Waals surface area contributed by atoms with Gasteiger partial charge in [0, 0.05) is 18.8 Å². The van der Waals surface area contributed by atoms with Crippen molar-refractivity contribution in [3.63, 3.8) is 0 Å². The van der Waals surface area contributed by atoms with Crippen molar-refractivity contribution < 1.29 is 9.53 Å². The molecule has 25 heavy (non-hydrogen) atoms. The van der Waals surface area contributed by atoms with Crippen LogP contribution in [0.2, 0.25) is 0 Å². The number of aromatic nitrogens is 4. The summed E-state index contributed by atoms with van der Waals surface area (Å²) in [4.78, 5) is 27.6. The highest BCUT2D eigenvalue weighted by atomic mass is 16.5. The van der Waals surface area contributed by atoms with E-state index in [1.165, 1.54) is 6.33 Å². The number of rotatable bonds is 5. The first-order valence-corrected chi connectivity index (χ1v) is 8.19. The van der Waals surface area contributed by atoms with E-state index in [0.29, 0.717) is 24.6 Å². The Kier molecular flexibility index (Phi) is 4.26. The number of fused-ring (bicyclic) bond motifs is 1. The number of hydrogen-bond acceptors (Lipinski definition) is 6. The fraction of sp³-hybridized carbons (Fsp3) is 0.294. The molecule has 3 N–H and O–H groups in total.